The van der Waals surface area contributed by atoms with Crippen LogP contribution in [0.5, 0.6) is 5.75 Å². The minimum atomic E-state index is -5.02. The number of hydrogen-bond acceptors (Lipinski definition) is 15. The molecule has 258 valence electrons. The quantitative estimate of drug-likeness (QED) is 0.0272. The Bertz CT molecular complexity index is 1800. The molecule has 0 saturated carbocycles. The molecule has 0 spiro atoms. The molecule has 0 radical (unpaired) electrons. The number of aromatic nitrogens is 3. The standard InChI is InChI=1S/C27H33N9O10S2/c1-27(2)22(24(38)36(27)46-48(41,42)43)32-23(37)21(18-14-47-26(29)31-18)34-45-19(25(39)40)13-44-16-7-5-15(6-8-16)17-9-10-20(35(3)33-17)30-12-4-11-28/h5-10,14,19,22H,4,11-13,28H2,1-3H3,(H5,29,31,32,37,39,40,41,42,43)/p+1/b34-21-/t19-,22+/m0/s1. The van der Waals surface area contributed by atoms with Crippen LogP contribution in [0.15, 0.2) is 46.9 Å². The second-order valence-electron chi connectivity index (χ2n) is 10.8. The maximum atomic E-state index is 13.2. The maximum absolute atomic E-state index is 13.2. The maximum Gasteiger partial charge on any atom is 0.418 e. The molecule has 1 saturated heterocycles. The van der Waals surface area contributed by atoms with Gasteiger partial charge < -0.3 is 31.5 Å². The Hall–Kier alpha value is -4.96. The van der Waals surface area contributed by atoms with Crippen molar-refractivity contribution in [1.82, 2.24) is 20.5 Å². The number of rotatable bonds is 16. The number of oxime groups is 1. The van der Waals surface area contributed by atoms with Crippen LogP contribution in [0.3, 0.4) is 0 Å². The lowest BCUT2D eigenvalue weighted by Crippen LogP contribution is -2.76. The van der Waals surface area contributed by atoms with Crippen molar-refractivity contribution in [3.8, 4) is 17.0 Å². The van der Waals surface area contributed by atoms with Gasteiger partial charge in [-0.05, 0) is 57.1 Å². The van der Waals surface area contributed by atoms with Crippen molar-refractivity contribution >= 4 is 56.2 Å². The third-order valence-corrected chi connectivity index (χ3v) is 7.90. The van der Waals surface area contributed by atoms with Gasteiger partial charge in [0.15, 0.2) is 10.8 Å². The number of benzene rings is 1. The monoisotopic (exact) mass is 708 g/mol. The average Bonchev–Trinajstić information content (AvgIpc) is 3.46. The zero-order chi connectivity index (χ0) is 35.2. The highest BCUT2D eigenvalue weighted by atomic mass is 32.3. The van der Waals surface area contributed by atoms with Gasteiger partial charge in [0.2, 0.25) is 0 Å². The third-order valence-electron chi connectivity index (χ3n) is 6.89. The lowest BCUT2D eigenvalue weighted by molar-refractivity contribution is -0.716. The summed E-state index contributed by atoms with van der Waals surface area (Å²) in [5.74, 6) is -2.34. The van der Waals surface area contributed by atoms with E-state index in [1.54, 1.807) is 28.9 Å². The van der Waals surface area contributed by atoms with Gasteiger partial charge in [0.05, 0.1) is 12.1 Å². The predicted molar refractivity (Wildman–Crippen MR) is 170 cm³/mol. The van der Waals surface area contributed by atoms with Gasteiger partial charge in [-0.2, -0.15) is 13.5 Å². The molecule has 2 atom stereocenters. The highest BCUT2D eigenvalue weighted by Crippen LogP contribution is 2.33. The molecule has 4 rings (SSSR count). The molecule has 2 amide bonds. The van der Waals surface area contributed by atoms with Gasteiger partial charge >= 0.3 is 16.4 Å². The van der Waals surface area contributed by atoms with Gasteiger partial charge in [0.1, 0.15) is 36.8 Å². The summed E-state index contributed by atoms with van der Waals surface area (Å²) < 4.78 is 42.7. The van der Waals surface area contributed by atoms with Gasteiger partial charge in [0, 0.05) is 17.0 Å². The van der Waals surface area contributed by atoms with E-state index in [4.69, 9.17) is 25.6 Å². The largest absolute Gasteiger partial charge is 0.489 e. The number of carboxylic acid groups (broad SMARTS) is 1. The van der Waals surface area contributed by atoms with Crippen LogP contribution in [-0.4, -0.2) is 94.1 Å². The number of aryl methyl sites for hydroxylation is 1. The summed E-state index contributed by atoms with van der Waals surface area (Å²) in [5, 5.41) is 25.4. The van der Waals surface area contributed by atoms with E-state index in [2.05, 4.69) is 30.2 Å². The molecule has 1 aliphatic rings. The third kappa shape index (κ3) is 8.68. The summed E-state index contributed by atoms with van der Waals surface area (Å²) in [7, 11) is -3.21. The van der Waals surface area contributed by atoms with Crippen LogP contribution in [-0.2, 0) is 41.0 Å². The fourth-order valence-electron chi connectivity index (χ4n) is 4.34. The normalized spacial score (nSPS) is 16.5. The zero-order valence-corrected chi connectivity index (χ0v) is 27.5. The fraction of sp³-hybridized carbons (Fsp3) is 0.370. The lowest BCUT2D eigenvalue weighted by atomic mass is 9.84. The van der Waals surface area contributed by atoms with E-state index in [9.17, 15) is 27.9 Å². The van der Waals surface area contributed by atoms with Crippen molar-refractivity contribution in [3.63, 3.8) is 0 Å². The number of anilines is 2. The van der Waals surface area contributed by atoms with Crippen LogP contribution in [0, 0.1) is 0 Å². The Balaban J connectivity index is 1.43. The summed E-state index contributed by atoms with van der Waals surface area (Å²) in [6.45, 7) is 3.50. The molecule has 0 unspecified atom stereocenters. The van der Waals surface area contributed by atoms with E-state index in [-0.39, 0.29) is 10.8 Å². The van der Waals surface area contributed by atoms with E-state index >= 15 is 0 Å². The molecule has 0 bridgehead atoms. The van der Waals surface area contributed by atoms with Crippen LogP contribution < -0.4 is 31.5 Å². The average molecular weight is 709 g/mol. The van der Waals surface area contributed by atoms with E-state index in [0.717, 1.165) is 29.1 Å². The number of aliphatic carboxylic acids is 1. The second kappa shape index (κ2) is 14.9. The van der Waals surface area contributed by atoms with Crippen molar-refractivity contribution in [2.75, 3.05) is 30.7 Å². The number of carbonyl (C=O) groups is 3. The molecule has 0 aliphatic carbocycles. The van der Waals surface area contributed by atoms with Crippen molar-refractivity contribution in [2.24, 2.45) is 17.9 Å². The Morgan fingerprint density at radius 3 is 2.50 bits per heavy atom. The Kier molecular flexibility index (Phi) is 11.1. The summed E-state index contributed by atoms with van der Waals surface area (Å²) in [5.41, 5.74) is 10.6. The van der Waals surface area contributed by atoms with Crippen molar-refractivity contribution in [1.29, 1.82) is 0 Å². The minimum absolute atomic E-state index is 0.0546. The number of carbonyl (C=O) groups excluding carboxylic acids is 2. The SMILES string of the molecule is C[n+]1nc(-c2ccc(OC[C@H](O/N=C(\C(=O)N[C@@H]3C(=O)N(OS(=O)(=O)O)C3(C)C)c3csc(N)n3)C(=O)O)cc2)ccc1NCCCN. The van der Waals surface area contributed by atoms with Crippen LogP contribution in [0.25, 0.3) is 11.3 Å². The molecule has 1 aliphatic heterocycles. The number of β-lactam (4-membered cyclic amide) rings is 1. The highest BCUT2D eigenvalue weighted by molar-refractivity contribution is 7.80. The number of carboxylic acids is 1. The number of nitrogens with zero attached hydrogens (tertiary/aromatic N) is 5. The first kappa shape index (κ1) is 35.9. The van der Waals surface area contributed by atoms with E-state index in [1.165, 1.54) is 19.2 Å². The van der Waals surface area contributed by atoms with Gasteiger partial charge in [-0.25, -0.2) is 9.78 Å². The summed E-state index contributed by atoms with van der Waals surface area (Å²) in [4.78, 5) is 46.9. The van der Waals surface area contributed by atoms with Crippen molar-refractivity contribution < 1.29 is 51.0 Å². The number of amides is 2. The van der Waals surface area contributed by atoms with Gasteiger partial charge in [0.25, 0.3) is 23.7 Å². The molecule has 1 fully saturated rings. The first-order valence-corrected chi connectivity index (χ1v) is 16.4. The number of nitrogens with one attached hydrogen (secondary N) is 2. The topological polar surface area (TPSA) is 275 Å². The molecule has 1 aromatic carbocycles. The van der Waals surface area contributed by atoms with Crippen LogP contribution in [0.2, 0.25) is 0 Å². The molecular formula is C27H34N9O10S2+. The number of hydroxylamine groups is 2. The highest BCUT2D eigenvalue weighted by Gasteiger charge is 2.58. The second-order valence-corrected chi connectivity index (χ2v) is 12.7. The lowest BCUT2D eigenvalue weighted by Gasteiger charge is -2.50. The first-order valence-electron chi connectivity index (χ1n) is 14.1. The van der Waals surface area contributed by atoms with Gasteiger partial charge in [-0.15, -0.1) is 20.3 Å². The van der Waals surface area contributed by atoms with E-state index in [0.29, 0.717) is 29.6 Å². The fourth-order valence-corrected chi connectivity index (χ4v) is 5.34. The number of nitrogen functional groups attached to an aromatic ring is 1. The summed E-state index contributed by atoms with van der Waals surface area (Å²) in [6.07, 6.45) is -0.870. The Morgan fingerprint density at radius 1 is 1.23 bits per heavy atom. The molecule has 2 aromatic heterocycles. The summed E-state index contributed by atoms with van der Waals surface area (Å²) in [6, 6.07) is 9.14. The van der Waals surface area contributed by atoms with Crippen LogP contribution in [0.4, 0.5) is 10.9 Å². The molecule has 8 N–H and O–H groups in total. The number of nitrogens with two attached hydrogens (primary N) is 2. The van der Waals surface area contributed by atoms with Crippen molar-refractivity contribution in [2.45, 2.75) is 38.0 Å². The minimum Gasteiger partial charge on any atom is -0.489 e. The molecule has 3 heterocycles. The predicted octanol–water partition coefficient (Wildman–Crippen LogP) is -0.535. The number of hydrogen-bond donors (Lipinski definition) is 6. The Morgan fingerprint density at radius 2 is 1.94 bits per heavy atom. The number of thiazole rings is 1. The molecule has 21 heteroatoms. The first-order chi connectivity index (χ1) is 22.6. The van der Waals surface area contributed by atoms with Gasteiger partial charge in [-0.3, -0.25) is 19.5 Å². The van der Waals surface area contributed by atoms with Gasteiger partial charge in [-0.1, -0.05) is 10.3 Å². The zero-order valence-electron chi connectivity index (χ0n) is 25.9. The van der Waals surface area contributed by atoms with Crippen LogP contribution >= 0.6 is 11.3 Å². The molecule has 3 aromatic rings. The van der Waals surface area contributed by atoms with E-state index < -0.39 is 58.2 Å². The number of ether oxygens (including phenoxy) is 1. The summed E-state index contributed by atoms with van der Waals surface area (Å²) >= 11 is 0.955. The van der Waals surface area contributed by atoms with Crippen LogP contribution in [0.1, 0.15) is 26.0 Å². The molecule has 19 nitrogen and oxygen atoms in total. The van der Waals surface area contributed by atoms with Crippen molar-refractivity contribution in [3.05, 3.63) is 47.5 Å². The smallest absolute Gasteiger partial charge is 0.418 e. The Labute approximate surface area is 278 Å². The molecular weight excluding hydrogens is 674 g/mol. The van der Waals surface area contributed by atoms with E-state index in [1.807, 2.05) is 19.2 Å². The molecule has 48 heavy (non-hydrogen) atoms.